The Morgan fingerprint density at radius 2 is 2.00 bits per heavy atom. The average Bonchev–Trinajstić information content (AvgIpc) is 2.53. The van der Waals surface area contributed by atoms with E-state index >= 15 is 0 Å². The number of rotatable bonds is 6. The summed E-state index contributed by atoms with van der Waals surface area (Å²) in [6.45, 7) is 5.43. The van der Waals surface area contributed by atoms with Gasteiger partial charge in [0.1, 0.15) is 0 Å². The predicted molar refractivity (Wildman–Crippen MR) is 83.4 cm³/mol. The number of likely N-dealkylation sites (N-methyl/N-ethyl adjacent to an activating group) is 1. The number of nitrogens with one attached hydrogen (secondary N) is 1. The molecule has 0 radical (unpaired) electrons. The fraction of sp³-hybridized carbons (Fsp3) is 1.00. The minimum absolute atomic E-state index is 0.0329. The van der Waals surface area contributed by atoms with Gasteiger partial charge in [-0.25, -0.2) is 0 Å². The van der Waals surface area contributed by atoms with Crippen LogP contribution >= 0.6 is 0 Å². The SMILES string of the molecule is CCNCC1CCCCN1S(=O)(=O)N1CCCC(OC)C1. The molecule has 0 aromatic heterocycles. The summed E-state index contributed by atoms with van der Waals surface area (Å²) in [5, 5.41) is 3.29. The molecule has 7 heteroatoms. The largest absolute Gasteiger partial charge is 0.380 e. The topological polar surface area (TPSA) is 61.9 Å². The standard InChI is InChI=1S/C14H29N3O3S/c1-3-15-11-13-7-4-5-10-17(13)21(18,19)16-9-6-8-14(12-16)20-2/h13-15H,3-12H2,1-2H3. The summed E-state index contributed by atoms with van der Waals surface area (Å²) in [4.78, 5) is 0. The number of methoxy groups -OCH3 is 1. The van der Waals surface area contributed by atoms with Gasteiger partial charge in [0, 0.05) is 39.3 Å². The molecule has 2 aliphatic rings. The smallest absolute Gasteiger partial charge is 0.282 e. The van der Waals surface area contributed by atoms with Crippen LogP contribution in [-0.4, -0.2) is 69.0 Å². The molecule has 2 atom stereocenters. The lowest BCUT2D eigenvalue weighted by Crippen LogP contribution is -2.55. The molecule has 0 aliphatic carbocycles. The predicted octanol–water partition coefficient (Wildman–Crippen LogP) is 0.806. The molecule has 0 aromatic carbocycles. The Morgan fingerprint density at radius 1 is 1.19 bits per heavy atom. The Kier molecular flexibility index (Phi) is 6.43. The first-order chi connectivity index (χ1) is 10.1. The van der Waals surface area contributed by atoms with E-state index in [9.17, 15) is 8.42 Å². The van der Waals surface area contributed by atoms with Gasteiger partial charge in [-0.05, 0) is 32.2 Å². The highest BCUT2D eigenvalue weighted by Crippen LogP contribution is 2.25. The van der Waals surface area contributed by atoms with Gasteiger partial charge in [0.2, 0.25) is 0 Å². The van der Waals surface area contributed by atoms with Crippen LogP contribution < -0.4 is 5.32 Å². The number of piperidine rings is 2. The molecule has 124 valence electrons. The molecule has 21 heavy (non-hydrogen) atoms. The Bertz CT molecular complexity index is 416. The van der Waals surface area contributed by atoms with E-state index in [1.165, 1.54) is 0 Å². The van der Waals surface area contributed by atoms with Crippen molar-refractivity contribution in [1.82, 2.24) is 13.9 Å². The molecule has 2 saturated heterocycles. The second-order valence-electron chi connectivity index (χ2n) is 5.93. The van der Waals surface area contributed by atoms with E-state index in [0.29, 0.717) is 19.6 Å². The van der Waals surface area contributed by atoms with Gasteiger partial charge in [-0.15, -0.1) is 0 Å². The molecule has 0 bridgehead atoms. The second kappa shape index (κ2) is 7.87. The maximum absolute atomic E-state index is 12.9. The van der Waals surface area contributed by atoms with Crippen LogP contribution in [0.3, 0.4) is 0 Å². The third kappa shape index (κ3) is 4.16. The van der Waals surface area contributed by atoms with Crippen molar-refractivity contribution in [2.75, 3.05) is 39.8 Å². The quantitative estimate of drug-likeness (QED) is 0.787. The fourth-order valence-electron chi connectivity index (χ4n) is 3.25. The van der Waals surface area contributed by atoms with Crippen LogP contribution in [-0.2, 0) is 14.9 Å². The third-order valence-electron chi connectivity index (χ3n) is 4.50. The van der Waals surface area contributed by atoms with Gasteiger partial charge >= 0.3 is 0 Å². The summed E-state index contributed by atoms with van der Waals surface area (Å²) in [6, 6.07) is 0.0895. The minimum atomic E-state index is -3.36. The molecule has 0 saturated carbocycles. The molecular weight excluding hydrogens is 290 g/mol. The van der Waals surface area contributed by atoms with Crippen molar-refractivity contribution in [3.05, 3.63) is 0 Å². The van der Waals surface area contributed by atoms with Crippen LogP contribution in [0.1, 0.15) is 39.0 Å². The van der Waals surface area contributed by atoms with Crippen LogP contribution in [0.4, 0.5) is 0 Å². The Labute approximate surface area is 129 Å². The van der Waals surface area contributed by atoms with Crippen molar-refractivity contribution in [2.45, 2.75) is 51.2 Å². The fourth-order valence-corrected chi connectivity index (χ4v) is 5.18. The number of hydrogen-bond donors (Lipinski definition) is 1. The van der Waals surface area contributed by atoms with Gasteiger partial charge in [-0.3, -0.25) is 0 Å². The van der Waals surface area contributed by atoms with Crippen molar-refractivity contribution in [3.8, 4) is 0 Å². The summed E-state index contributed by atoms with van der Waals surface area (Å²) < 4.78 is 34.6. The molecule has 2 fully saturated rings. The van der Waals surface area contributed by atoms with Crippen molar-refractivity contribution >= 4 is 10.2 Å². The minimum Gasteiger partial charge on any atom is -0.380 e. The maximum Gasteiger partial charge on any atom is 0.282 e. The second-order valence-corrected chi connectivity index (χ2v) is 7.81. The van der Waals surface area contributed by atoms with Crippen LogP contribution in [0.15, 0.2) is 0 Å². The van der Waals surface area contributed by atoms with E-state index in [2.05, 4.69) is 12.2 Å². The Hall–Kier alpha value is -0.210. The lowest BCUT2D eigenvalue weighted by Gasteiger charge is -2.40. The summed E-state index contributed by atoms with van der Waals surface area (Å²) >= 11 is 0. The summed E-state index contributed by atoms with van der Waals surface area (Å²) in [7, 11) is -1.70. The molecule has 0 aromatic rings. The zero-order chi connectivity index (χ0) is 15.3. The molecule has 2 aliphatic heterocycles. The maximum atomic E-state index is 12.9. The van der Waals surface area contributed by atoms with Crippen molar-refractivity contribution in [3.63, 3.8) is 0 Å². The molecule has 0 amide bonds. The first-order valence-corrected chi connectivity index (χ1v) is 9.49. The van der Waals surface area contributed by atoms with E-state index in [-0.39, 0.29) is 12.1 Å². The van der Waals surface area contributed by atoms with E-state index in [1.54, 1.807) is 15.7 Å². The highest BCUT2D eigenvalue weighted by molar-refractivity contribution is 7.86. The summed E-state index contributed by atoms with van der Waals surface area (Å²) in [5.74, 6) is 0. The Balaban J connectivity index is 2.08. The Morgan fingerprint density at radius 3 is 2.71 bits per heavy atom. The molecule has 2 unspecified atom stereocenters. The van der Waals surface area contributed by atoms with E-state index < -0.39 is 10.2 Å². The van der Waals surface area contributed by atoms with Crippen molar-refractivity contribution in [1.29, 1.82) is 0 Å². The molecule has 2 rings (SSSR count). The average molecular weight is 319 g/mol. The first kappa shape index (κ1) is 17.1. The number of nitrogens with zero attached hydrogens (tertiary/aromatic N) is 2. The monoisotopic (exact) mass is 319 g/mol. The number of hydrogen-bond acceptors (Lipinski definition) is 4. The van der Waals surface area contributed by atoms with E-state index in [4.69, 9.17) is 4.74 Å². The van der Waals surface area contributed by atoms with E-state index in [1.807, 2.05) is 0 Å². The van der Waals surface area contributed by atoms with Crippen molar-refractivity contribution < 1.29 is 13.2 Å². The van der Waals surface area contributed by atoms with Gasteiger partial charge < -0.3 is 10.1 Å². The van der Waals surface area contributed by atoms with Gasteiger partial charge in [0.05, 0.1) is 6.10 Å². The molecular formula is C14H29N3O3S. The zero-order valence-electron chi connectivity index (χ0n) is 13.3. The summed E-state index contributed by atoms with van der Waals surface area (Å²) in [6.07, 6.45) is 4.89. The van der Waals surface area contributed by atoms with Gasteiger partial charge in [0.15, 0.2) is 0 Å². The highest BCUT2D eigenvalue weighted by atomic mass is 32.2. The zero-order valence-corrected chi connectivity index (χ0v) is 14.1. The van der Waals surface area contributed by atoms with Crippen molar-refractivity contribution in [2.24, 2.45) is 0 Å². The van der Waals surface area contributed by atoms with Gasteiger partial charge in [-0.1, -0.05) is 13.3 Å². The van der Waals surface area contributed by atoms with Crippen LogP contribution in [0.5, 0.6) is 0 Å². The molecule has 6 nitrogen and oxygen atoms in total. The normalized spacial score (nSPS) is 29.6. The van der Waals surface area contributed by atoms with Crippen LogP contribution in [0.2, 0.25) is 0 Å². The molecule has 2 heterocycles. The van der Waals surface area contributed by atoms with Crippen LogP contribution in [0.25, 0.3) is 0 Å². The number of ether oxygens (including phenoxy) is 1. The third-order valence-corrected chi connectivity index (χ3v) is 6.56. The lowest BCUT2D eigenvalue weighted by atomic mass is 10.1. The summed E-state index contributed by atoms with van der Waals surface area (Å²) in [5.41, 5.74) is 0. The van der Waals surface area contributed by atoms with Gasteiger partial charge in [-0.2, -0.15) is 17.0 Å². The lowest BCUT2D eigenvalue weighted by molar-refractivity contribution is 0.0541. The van der Waals surface area contributed by atoms with Gasteiger partial charge in [0.25, 0.3) is 10.2 Å². The van der Waals surface area contributed by atoms with Crippen LogP contribution in [0, 0.1) is 0 Å². The van der Waals surface area contributed by atoms with E-state index in [0.717, 1.165) is 45.2 Å². The molecule has 1 N–H and O–H groups in total. The highest BCUT2D eigenvalue weighted by Gasteiger charge is 2.38. The first-order valence-electron chi connectivity index (χ1n) is 8.10. The molecule has 0 spiro atoms.